The maximum absolute atomic E-state index is 11.4. The maximum Gasteiger partial charge on any atom is 0.220 e. The first-order valence-corrected chi connectivity index (χ1v) is 8.88. The molecule has 0 fully saturated rings. The number of primary amides is 1. The Morgan fingerprint density at radius 1 is 1.44 bits per heavy atom. The van der Waals surface area contributed by atoms with Gasteiger partial charge in [0.2, 0.25) is 5.91 Å². The molecular weight excluding hydrogens is 342 g/mol. The summed E-state index contributed by atoms with van der Waals surface area (Å²) in [4.78, 5) is 20.6. The highest BCUT2D eigenvalue weighted by Gasteiger charge is 2.21. The normalized spacial score (nSPS) is 14.2. The van der Waals surface area contributed by atoms with Gasteiger partial charge >= 0.3 is 0 Å². The van der Waals surface area contributed by atoms with Crippen molar-refractivity contribution in [3.05, 3.63) is 41.6 Å². The van der Waals surface area contributed by atoms with Crippen molar-refractivity contribution in [1.29, 1.82) is 5.26 Å². The molecule has 136 valence electrons. The average molecular weight is 361 g/mol. The van der Waals surface area contributed by atoms with Gasteiger partial charge in [-0.25, -0.2) is 4.98 Å². The molecule has 0 saturated heterocycles. The number of aryl methyl sites for hydroxylation is 1. The lowest BCUT2D eigenvalue weighted by Crippen LogP contribution is -2.22. The van der Waals surface area contributed by atoms with E-state index in [9.17, 15) is 4.79 Å². The van der Waals surface area contributed by atoms with Crippen LogP contribution in [0.2, 0.25) is 0 Å². The fourth-order valence-corrected chi connectivity index (χ4v) is 3.38. The average Bonchev–Trinajstić information content (AvgIpc) is 2.89. The predicted molar refractivity (Wildman–Crippen MR) is 99.9 cm³/mol. The SMILES string of the molecule is C[C@H](Cc1cc2c3c(c1)nc(-c1ccc(C#N)cn1)n3CCCO2)C(N)=O. The molecule has 0 spiro atoms. The summed E-state index contributed by atoms with van der Waals surface area (Å²) in [6, 6.07) is 9.58. The van der Waals surface area contributed by atoms with Crippen LogP contribution in [0.1, 0.15) is 24.5 Å². The molecule has 1 atom stereocenters. The minimum absolute atomic E-state index is 0.262. The van der Waals surface area contributed by atoms with Crippen LogP contribution >= 0.6 is 0 Å². The molecular formula is C20H19N5O2. The Labute approximate surface area is 156 Å². The smallest absolute Gasteiger partial charge is 0.220 e. The van der Waals surface area contributed by atoms with Gasteiger partial charge in [0.1, 0.15) is 23.0 Å². The van der Waals surface area contributed by atoms with Gasteiger partial charge in [-0.3, -0.25) is 9.78 Å². The highest BCUT2D eigenvalue weighted by molar-refractivity contribution is 5.87. The highest BCUT2D eigenvalue weighted by Crippen LogP contribution is 2.34. The number of aromatic nitrogens is 3. The van der Waals surface area contributed by atoms with Crippen LogP contribution in [0.15, 0.2) is 30.5 Å². The van der Waals surface area contributed by atoms with Gasteiger partial charge in [0.05, 0.1) is 17.7 Å². The number of pyridine rings is 1. The zero-order valence-electron chi connectivity index (χ0n) is 15.0. The minimum atomic E-state index is -0.324. The fourth-order valence-electron chi connectivity index (χ4n) is 3.38. The summed E-state index contributed by atoms with van der Waals surface area (Å²) in [6.07, 6.45) is 2.95. The van der Waals surface area contributed by atoms with Gasteiger partial charge in [0.25, 0.3) is 0 Å². The topological polar surface area (TPSA) is 107 Å². The van der Waals surface area contributed by atoms with Crippen molar-refractivity contribution in [2.24, 2.45) is 11.7 Å². The predicted octanol–water partition coefficient (Wildman–Crippen LogP) is 2.42. The summed E-state index contributed by atoms with van der Waals surface area (Å²) in [5, 5.41) is 8.98. The third-order valence-electron chi connectivity index (χ3n) is 4.80. The number of amides is 1. The number of rotatable bonds is 4. The Balaban J connectivity index is 1.85. The number of ether oxygens (including phenoxy) is 1. The third-order valence-corrected chi connectivity index (χ3v) is 4.80. The summed E-state index contributed by atoms with van der Waals surface area (Å²) in [7, 11) is 0. The number of carbonyl (C=O) groups excluding carboxylic acids is 1. The van der Waals surface area contributed by atoms with Gasteiger partial charge < -0.3 is 15.0 Å². The summed E-state index contributed by atoms with van der Waals surface area (Å²) >= 11 is 0. The molecule has 0 aliphatic carbocycles. The summed E-state index contributed by atoms with van der Waals surface area (Å²) in [6.45, 7) is 3.21. The van der Waals surface area contributed by atoms with Crippen LogP contribution < -0.4 is 10.5 Å². The van der Waals surface area contributed by atoms with Crippen LogP contribution in [0.3, 0.4) is 0 Å². The molecule has 27 heavy (non-hydrogen) atoms. The van der Waals surface area contributed by atoms with E-state index < -0.39 is 0 Å². The fraction of sp³-hybridized carbons (Fsp3) is 0.300. The van der Waals surface area contributed by atoms with Crippen LogP contribution in [-0.4, -0.2) is 27.0 Å². The Bertz CT molecular complexity index is 1060. The minimum Gasteiger partial charge on any atom is -0.491 e. The van der Waals surface area contributed by atoms with E-state index in [1.54, 1.807) is 12.3 Å². The van der Waals surface area contributed by atoms with E-state index in [0.29, 0.717) is 24.3 Å². The van der Waals surface area contributed by atoms with Crippen molar-refractivity contribution in [3.8, 4) is 23.3 Å². The second kappa shape index (κ2) is 6.72. The van der Waals surface area contributed by atoms with Crippen molar-refractivity contribution >= 4 is 16.9 Å². The third kappa shape index (κ3) is 3.10. The van der Waals surface area contributed by atoms with Crippen molar-refractivity contribution in [3.63, 3.8) is 0 Å². The van der Waals surface area contributed by atoms with Gasteiger partial charge in [-0.1, -0.05) is 6.92 Å². The van der Waals surface area contributed by atoms with Gasteiger partial charge in [0, 0.05) is 18.7 Å². The number of hydrogen-bond donors (Lipinski definition) is 1. The molecule has 3 aromatic rings. The van der Waals surface area contributed by atoms with Crippen molar-refractivity contribution in [2.45, 2.75) is 26.3 Å². The number of hydrogen-bond acceptors (Lipinski definition) is 5. The molecule has 7 nitrogen and oxygen atoms in total. The first-order chi connectivity index (χ1) is 13.1. The summed E-state index contributed by atoms with van der Waals surface area (Å²) in [5.74, 6) is 0.933. The molecule has 1 aromatic carbocycles. The van der Waals surface area contributed by atoms with Crippen molar-refractivity contribution in [1.82, 2.24) is 14.5 Å². The Morgan fingerprint density at radius 3 is 3.00 bits per heavy atom. The van der Waals surface area contributed by atoms with Gasteiger partial charge in [0.15, 0.2) is 5.82 Å². The molecule has 1 amide bonds. The quantitative estimate of drug-likeness (QED) is 0.768. The molecule has 7 heteroatoms. The maximum atomic E-state index is 11.4. The van der Waals surface area contributed by atoms with Crippen LogP contribution in [0.25, 0.3) is 22.6 Å². The van der Waals surface area contributed by atoms with E-state index in [0.717, 1.165) is 41.1 Å². The van der Waals surface area contributed by atoms with Crippen LogP contribution in [0.5, 0.6) is 5.75 Å². The van der Waals surface area contributed by atoms with Gasteiger partial charge in [-0.15, -0.1) is 0 Å². The summed E-state index contributed by atoms with van der Waals surface area (Å²) in [5.41, 5.74) is 9.34. The standard InChI is InChI=1S/C20H19N5O2/c1-12(19(22)26)7-14-8-16-18-17(9-14)27-6-2-5-25(18)20(24-16)15-4-3-13(10-21)11-23-15/h3-4,8-9,11-12H,2,5-7H2,1H3,(H2,22,26)/t12-/m1/s1. The first-order valence-electron chi connectivity index (χ1n) is 8.88. The van der Waals surface area contributed by atoms with E-state index >= 15 is 0 Å². The molecule has 4 rings (SSSR count). The second-order valence-electron chi connectivity index (χ2n) is 6.80. The van der Waals surface area contributed by atoms with E-state index in [4.69, 9.17) is 20.7 Å². The Kier molecular flexibility index (Phi) is 4.24. The van der Waals surface area contributed by atoms with Gasteiger partial charge in [-0.2, -0.15) is 5.26 Å². The Hall–Kier alpha value is -3.40. The number of imidazole rings is 1. The molecule has 1 aliphatic heterocycles. The van der Waals surface area contributed by atoms with Crippen LogP contribution in [0.4, 0.5) is 0 Å². The van der Waals surface area contributed by atoms with Crippen molar-refractivity contribution < 1.29 is 9.53 Å². The molecule has 0 radical (unpaired) electrons. The van der Waals surface area contributed by atoms with E-state index in [-0.39, 0.29) is 11.8 Å². The number of nitriles is 1. The molecule has 0 unspecified atom stereocenters. The number of benzene rings is 1. The highest BCUT2D eigenvalue weighted by atomic mass is 16.5. The van der Waals surface area contributed by atoms with Gasteiger partial charge in [-0.05, 0) is 42.7 Å². The van der Waals surface area contributed by atoms with E-state index in [1.165, 1.54) is 0 Å². The zero-order valence-corrected chi connectivity index (χ0v) is 15.0. The first kappa shape index (κ1) is 17.0. The van der Waals surface area contributed by atoms with Crippen LogP contribution in [-0.2, 0) is 17.8 Å². The largest absolute Gasteiger partial charge is 0.491 e. The molecule has 0 saturated carbocycles. The molecule has 2 aromatic heterocycles. The zero-order chi connectivity index (χ0) is 19.0. The molecule has 2 N–H and O–H groups in total. The molecule has 1 aliphatic rings. The van der Waals surface area contributed by atoms with Crippen molar-refractivity contribution in [2.75, 3.05) is 6.61 Å². The Morgan fingerprint density at radius 2 is 2.30 bits per heavy atom. The lowest BCUT2D eigenvalue weighted by atomic mass is 10.00. The molecule has 3 heterocycles. The lowest BCUT2D eigenvalue weighted by Gasteiger charge is -2.10. The number of nitrogens with two attached hydrogens (primary N) is 1. The van der Waals surface area contributed by atoms with E-state index in [2.05, 4.69) is 15.6 Å². The number of nitrogens with zero attached hydrogens (tertiary/aromatic N) is 4. The summed E-state index contributed by atoms with van der Waals surface area (Å²) < 4.78 is 8.07. The van der Waals surface area contributed by atoms with E-state index in [1.807, 2.05) is 25.1 Å². The monoisotopic (exact) mass is 361 g/mol. The number of carbonyl (C=O) groups is 1. The lowest BCUT2D eigenvalue weighted by molar-refractivity contribution is -0.121. The van der Waals surface area contributed by atoms with Crippen LogP contribution in [0, 0.1) is 17.2 Å². The second-order valence-corrected chi connectivity index (χ2v) is 6.80. The molecule has 0 bridgehead atoms.